The number of carbonyl (C=O) groups excluding carboxylic acids is 1. The molecule has 1 heterocycles. The van der Waals surface area contributed by atoms with Gasteiger partial charge in [-0.3, -0.25) is 14.8 Å². The lowest BCUT2D eigenvalue weighted by Crippen LogP contribution is -2.32. The molecule has 0 saturated carbocycles. The molecule has 1 aliphatic heterocycles. The van der Waals surface area contributed by atoms with Crippen molar-refractivity contribution in [2.45, 2.75) is 12.1 Å². The first kappa shape index (κ1) is 10.9. The molecular formula is C15H9ClN2O. The summed E-state index contributed by atoms with van der Waals surface area (Å²) in [5, 5.41) is 0.646. The summed E-state index contributed by atoms with van der Waals surface area (Å²) < 4.78 is 0. The van der Waals surface area contributed by atoms with Crippen LogP contribution < -0.4 is 0 Å². The van der Waals surface area contributed by atoms with E-state index in [4.69, 9.17) is 11.6 Å². The highest BCUT2D eigenvalue weighted by Gasteiger charge is 2.37. The summed E-state index contributed by atoms with van der Waals surface area (Å²) in [6.45, 7) is 0. The first-order valence-corrected chi connectivity index (χ1v) is 6.47. The molecule has 4 heteroatoms. The van der Waals surface area contributed by atoms with Gasteiger partial charge in [-0.1, -0.05) is 41.9 Å². The van der Waals surface area contributed by atoms with Crippen LogP contribution in [0.15, 0.2) is 57.5 Å². The fraction of sp³-hybridized carbons (Fsp3) is 0.133. The molecule has 19 heavy (non-hydrogen) atoms. The van der Waals surface area contributed by atoms with Crippen LogP contribution in [0, 0.1) is 0 Å². The first-order chi connectivity index (χ1) is 9.24. The standard InChI is InChI=1S/C15H9ClN2O/c16-8-5-6-11-12(7-8)18-14-13(17-11)9-3-1-2-4-10(9)15(14)19/h1-7,11-12H/t11-,12+/m0/s1. The lowest BCUT2D eigenvalue weighted by Gasteiger charge is -2.23. The summed E-state index contributed by atoms with van der Waals surface area (Å²) in [4.78, 5) is 21.5. The predicted molar refractivity (Wildman–Crippen MR) is 75.4 cm³/mol. The smallest absolute Gasteiger partial charge is 0.213 e. The number of allylic oxidation sites excluding steroid dienone is 2. The summed E-state index contributed by atoms with van der Waals surface area (Å²) in [7, 11) is 0. The molecule has 0 radical (unpaired) electrons. The van der Waals surface area contributed by atoms with Gasteiger partial charge in [-0.05, 0) is 12.2 Å². The van der Waals surface area contributed by atoms with Gasteiger partial charge in [-0.15, -0.1) is 0 Å². The van der Waals surface area contributed by atoms with E-state index in [-0.39, 0.29) is 17.9 Å². The minimum atomic E-state index is -0.158. The number of fused-ring (bicyclic) bond motifs is 4. The zero-order valence-electron chi connectivity index (χ0n) is 9.88. The molecule has 0 saturated heterocycles. The molecule has 0 aromatic heterocycles. The molecule has 0 spiro atoms. The third kappa shape index (κ3) is 1.48. The minimum Gasteiger partial charge on any atom is -0.287 e. The van der Waals surface area contributed by atoms with Crippen molar-refractivity contribution in [2.75, 3.05) is 0 Å². The highest BCUT2D eigenvalue weighted by molar-refractivity contribution is 6.78. The average molecular weight is 269 g/mol. The molecule has 0 N–H and O–H groups in total. The van der Waals surface area contributed by atoms with E-state index in [1.165, 1.54) is 0 Å². The Morgan fingerprint density at radius 1 is 1.00 bits per heavy atom. The van der Waals surface area contributed by atoms with Gasteiger partial charge in [0.1, 0.15) is 5.71 Å². The molecule has 3 aliphatic rings. The Kier molecular flexibility index (Phi) is 2.15. The minimum absolute atomic E-state index is 0.0353. The topological polar surface area (TPSA) is 41.8 Å². The Morgan fingerprint density at radius 2 is 1.74 bits per heavy atom. The van der Waals surface area contributed by atoms with E-state index in [1.807, 2.05) is 42.5 Å². The largest absolute Gasteiger partial charge is 0.287 e. The molecule has 0 bridgehead atoms. The van der Waals surface area contributed by atoms with Crippen LogP contribution in [0.2, 0.25) is 0 Å². The number of benzene rings is 1. The molecule has 1 aromatic carbocycles. The SMILES string of the molecule is O=C1C2=N[C@@H]3C=C(Cl)C=C[C@@H]3N=C2c2ccccc21. The number of nitrogens with zero attached hydrogens (tertiary/aromatic N) is 2. The Balaban J connectivity index is 1.90. The van der Waals surface area contributed by atoms with Crippen LogP contribution >= 0.6 is 11.6 Å². The van der Waals surface area contributed by atoms with E-state index in [0.717, 1.165) is 11.3 Å². The lowest BCUT2D eigenvalue weighted by atomic mass is 10.00. The molecule has 0 fully saturated rings. The third-order valence-electron chi connectivity index (χ3n) is 3.56. The van der Waals surface area contributed by atoms with Crippen molar-refractivity contribution in [3.8, 4) is 0 Å². The van der Waals surface area contributed by atoms with Crippen LogP contribution in [0.3, 0.4) is 0 Å². The molecular weight excluding hydrogens is 260 g/mol. The molecule has 2 aliphatic carbocycles. The van der Waals surface area contributed by atoms with E-state index in [2.05, 4.69) is 9.98 Å². The van der Waals surface area contributed by atoms with Gasteiger partial charge < -0.3 is 0 Å². The zero-order valence-corrected chi connectivity index (χ0v) is 10.6. The highest BCUT2D eigenvalue weighted by atomic mass is 35.5. The van der Waals surface area contributed by atoms with Gasteiger partial charge in [-0.25, -0.2) is 0 Å². The quantitative estimate of drug-likeness (QED) is 0.713. The van der Waals surface area contributed by atoms with E-state index in [1.54, 1.807) is 0 Å². The second-order valence-corrected chi connectivity index (χ2v) is 5.16. The van der Waals surface area contributed by atoms with Gasteiger partial charge in [0.2, 0.25) is 5.78 Å². The van der Waals surface area contributed by atoms with Gasteiger partial charge in [0.25, 0.3) is 0 Å². The molecule has 92 valence electrons. The molecule has 3 nitrogen and oxygen atoms in total. The first-order valence-electron chi connectivity index (χ1n) is 6.09. The van der Waals surface area contributed by atoms with Crippen LogP contribution in [0.1, 0.15) is 15.9 Å². The Bertz CT molecular complexity index is 727. The molecule has 0 unspecified atom stereocenters. The number of hydrogen-bond donors (Lipinski definition) is 0. The van der Waals surface area contributed by atoms with Crippen molar-refractivity contribution in [2.24, 2.45) is 9.98 Å². The van der Waals surface area contributed by atoms with Crippen LogP contribution in [0.25, 0.3) is 0 Å². The average Bonchev–Trinajstić information content (AvgIpc) is 2.70. The van der Waals surface area contributed by atoms with Gasteiger partial charge in [0, 0.05) is 16.2 Å². The number of hydrogen-bond acceptors (Lipinski definition) is 3. The van der Waals surface area contributed by atoms with Crippen molar-refractivity contribution in [1.29, 1.82) is 0 Å². The Hall–Kier alpha value is -2.00. The number of Topliss-reactive ketones (excluding diaryl/α,β-unsaturated/α-hetero) is 1. The third-order valence-corrected chi connectivity index (χ3v) is 3.81. The maximum atomic E-state index is 12.3. The second kappa shape index (κ2) is 3.75. The molecule has 2 atom stereocenters. The van der Waals surface area contributed by atoms with E-state index >= 15 is 0 Å². The van der Waals surface area contributed by atoms with Gasteiger partial charge in [0.05, 0.1) is 17.8 Å². The fourth-order valence-corrected chi connectivity index (χ4v) is 2.86. The van der Waals surface area contributed by atoms with E-state index in [0.29, 0.717) is 16.3 Å². The van der Waals surface area contributed by atoms with Crippen LogP contribution in [0.4, 0.5) is 0 Å². The van der Waals surface area contributed by atoms with Crippen molar-refractivity contribution >= 4 is 28.8 Å². The van der Waals surface area contributed by atoms with Crippen LogP contribution in [-0.2, 0) is 0 Å². The lowest BCUT2D eigenvalue weighted by molar-refractivity contribution is 0.106. The van der Waals surface area contributed by atoms with E-state index in [9.17, 15) is 4.79 Å². The normalized spacial score (nSPS) is 27.0. The molecule has 1 aromatic rings. The van der Waals surface area contributed by atoms with Gasteiger partial charge in [-0.2, -0.15) is 0 Å². The van der Waals surface area contributed by atoms with Crippen molar-refractivity contribution in [3.63, 3.8) is 0 Å². The number of rotatable bonds is 0. The van der Waals surface area contributed by atoms with Crippen LogP contribution in [-0.4, -0.2) is 29.3 Å². The summed E-state index contributed by atoms with van der Waals surface area (Å²) in [5.41, 5.74) is 2.77. The Labute approximate surface area is 115 Å². The number of ketones is 1. The summed E-state index contributed by atoms with van der Waals surface area (Å²) in [6.07, 6.45) is 5.61. The van der Waals surface area contributed by atoms with Crippen LogP contribution in [0.5, 0.6) is 0 Å². The van der Waals surface area contributed by atoms with Gasteiger partial charge in [0.15, 0.2) is 0 Å². The van der Waals surface area contributed by atoms with Crippen molar-refractivity contribution < 1.29 is 4.79 Å². The van der Waals surface area contributed by atoms with E-state index < -0.39 is 0 Å². The van der Waals surface area contributed by atoms with Crippen molar-refractivity contribution in [3.05, 3.63) is 58.7 Å². The summed E-state index contributed by atoms with van der Waals surface area (Å²) in [6, 6.07) is 7.30. The second-order valence-electron chi connectivity index (χ2n) is 4.72. The zero-order chi connectivity index (χ0) is 13.0. The number of halogens is 1. The number of aliphatic imine (C=N–C) groups is 2. The molecule has 0 amide bonds. The van der Waals surface area contributed by atoms with Gasteiger partial charge >= 0.3 is 0 Å². The Morgan fingerprint density at radius 3 is 2.58 bits per heavy atom. The maximum absolute atomic E-state index is 12.3. The summed E-state index contributed by atoms with van der Waals surface area (Å²) in [5.74, 6) is -0.0353. The molecule has 4 rings (SSSR count). The predicted octanol–water partition coefficient (Wildman–Crippen LogP) is 2.56. The monoisotopic (exact) mass is 268 g/mol. The fourth-order valence-electron chi connectivity index (χ4n) is 2.65. The maximum Gasteiger partial charge on any atom is 0.213 e. The number of carbonyl (C=O) groups is 1. The van der Waals surface area contributed by atoms with Crippen molar-refractivity contribution in [1.82, 2.24) is 0 Å². The highest BCUT2D eigenvalue weighted by Crippen LogP contribution is 2.29. The summed E-state index contributed by atoms with van der Waals surface area (Å²) >= 11 is 5.98.